The van der Waals surface area contributed by atoms with Crippen molar-refractivity contribution in [1.82, 2.24) is 15.1 Å². The topological polar surface area (TPSA) is 98.3 Å². The highest BCUT2D eigenvalue weighted by molar-refractivity contribution is 5.84. The van der Waals surface area contributed by atoms with Gasteiger partial charge in [-0.2, -0.15) is 4.98 Å². The Morgan fingerprint density at radius 1 is 1.48 bits per heavy atom. The molecule has 0 radical (unpaired) electrons. The van der Waals surface area contributed by atoms with Gasteiger partial charge in [-0.1, -0.05) is 12.1 Å². The summed E-state index contributed by atoms with van der Waals surface area (Å²) in [6.07, 6.45) is 5.63. The SMILES string of the molecule is CCCc1nc(COc2ccc(C=CC(=O)O)nc2)no1. The van der Waals surface area contributed by atoms with Crippen molar-refractivity contribution in [1.29, 1.82) is 0 Å². The third kappa shape index (κ3) is 4.72. The highest BCUT2D eigenvalue weighted by Crippen LogP contribution is 2.12. The molecule has 110 valence electrons. The Kier molecular flexibility index (Phi) is 5.03. The molecule has 7 nitrogen and oxygen atoms in total. The van der Waals surface area contributed by atoms with E-state index in [4.69, 9.17) is 14.4 Å². The zero-order valence-corrected chi connectivity index (χ0v) is 11.5. The first kappa shape index (κ1) is 14.7. The predicted molar refractivity (Wildman–Crippen MR) is 73.5 cm³/mol. The Labute approximate surface area is 121 Å². The lowest BCUT2D eigenvalue weighted by Gasteiger charge is -2.02. The van der Waals surface area contributed by atoms with Gasteiger partial charge in [-0.05, 0) is 24.6 Å². The molecular weight excluding hydrogens is 274 g/mol. The van der Waals surface area contributed by atoms with E-state index in [-0.39, 0.29) is 6.61 Å². The van der Waals surface area contributed by atoms with Crippen molar-refractivity contribution >= 4 is 12.0 Å². The molecule has 21 heavy (non-hydrogen) atoms. The molecule has 0 aromatic carbocycles. The Morgan fingerprint density at radius 3 is 3.00 bits per heavy atom. The second kappa shape index (κ2) is 7.18. The Balaban J connectivity index is 1.89. The molecule has 0 amide bonds. The third-order valence-corrected chi connectivity index (χ3v) is 2.50. The van der Waals surface area contributed by atoms with E-state index in [1.807, 2.05) is 6.92 Å². The van der Waals surface area contributed by atoms with Gasteiger partial charge in [0.1, 0.15) is 5.75 Å². The Morgan fingerprint density at radius 2 is 2.33 bits per heavy atom. The second-order valence-corrected chi connectivity index (χ2v) is 4.23. The summed E-state index contributed by atoms with van der Waals surface area (Å²) >= 11 is 0. The van der Waals surface area contributed by atoms with Gasteiger partial charge in [-0.15, -0.1) is 0 Å². The smallest absolute Gasteiger partial charge is 0.328 e. The highest BCUT2D eigenvalue weighted by atomic mass is 16.5. The molecule has 0 bridgehead atoms. The first-order chi connectivity index (χ1) is 10.2. The Hall–Kier alpha value is -2.70. The summed E-state index contributed by atoms with van der Waals surface area (Å²) in [6.45, 7) is 2.23. The minimum absolute atomic E-state index is 0.194. The van der Waals surface area contributed by atoms with Crippen molar-refractivity contribution < 1.29 is 19.2 Å². The van der Waals surface area contributed by atoms with E-state index in [0.717, 1.165) is 18.9 Å². The average molecular weight is 289 g/mol. The molecule has 0 fully saturated rings. The van der Waals surface area contributed by atoms with E-state index in [1.54, 1.807) is 12.1 Å². The summed E-state index contributed by atoms with van der Waals surface area (Å²) < 4.78 is 10.5. The lowest BCUT2D eigenvalue weighted by atomic mass is 10.3. The molecule has 2 aromatic heterocycles. The van der Waals surface area contributed by atoms with Crippen LogP contribution in [0.15, 0.2) is 28.9 Å². The number of hydrogen-bond donors (Lipinski definition) is 1. The van der Waals surface area contributed by atoms with Gasteiger partial charge in [0.25, 0.3) is 0 Å². The van der Waals surface area contributed by atoms with Crippen molar-refractivity contribution in [2.24, 2.45) is 0 Å². The standard InChI is InChI=1S/C14H15N3O4/c1-2-3-13-16-12(17-21-13)9-20-11-6-4-10(15-8-11)5-7-14(18)19/h4-8H,2-3,9H2,1H3,(H,18,19). The largest absolute Gasteiger partial charge is 0.484 e. The van der Waals surface area contributed by atoms with E-state index < -0.39 is 5.97 Å². The summed E-state index contributed by atoms with van der Waals surface area (Å²) in [6, 6.07) is 3.36. The average Bonchev–Trinajstić information content (AvgIpc) is 2.92. The second-order valence-electron chi connectivity index (χ2n) is 4.23. The number of aryl methyl sites for hydroxylation is 1. The third-order valence-electron chi connectivity index (χ3n) is 2.50. The van der Waals surface area contributed by atoms with Crippen LogP contribution in [0, 0.1) is 0 Å². The molecule has 2 rings (SSSR count). The predicted octanol–water partition coefficient (Wildman–Crippen LogP) is 2.09. The van der Waals surface area contributed by atoms with Gasteiger partial charge in [-0.25, -0.2) is 4.79 Å². The molecule has 0 aliphatic rings. The number of aliphatic carboxylic acids is 1. The van der Waals surface area contributed by atoms with Crippen LogP contribution < -0.4 is 4.74 Å². The van der Waals surface area contributed by atoms with Crippen molar-refractivity contribution in [3.8, 4) is 5.75 Å². The van der Waals surface area contributed by atoms with Crippen LogP contribution in [0.3, 0.4) is 0 Å². The van der Waals surface area contributed by atoms with Crippen LogP contribution in [0.1, 0.15) is 30.8 Å². The van der Waals surface area contributed by atoms with Crippen molar-refractivity contribution in [2.75, 3.05) is 0 Å². The maximum atomic E-state index is 10.4. The molecule has 0 atom stereocenters. The molecular formula is C14H15N3O4. The summed E-state index contributed by atoms with van der Waals surface area (Å²) in [5.74, 6) is 0.609. The lowest BCUT2D eigenvalue weighted by molar-refractivity contribution is -0.131. The number of nitrogens with zero attached hydrogens (tertiary/aromatic N) is 3. The molecule has 0 unspecified atom stereocenters. The first-order valence-corrected chi connectivity index (χ1v) is 6.48. The first-order valence-electron chi connectivity index (χ1n) is 6.48. The number of ether oxygens (including phenoxy) is 1. The van der Waals surface area contributed by atoms with Crippen LogP contribution in [-0.4, -0.2) is 26.2 Å². The summed E-state index contributed by atoms with van der Waals surface area (Å²) in [5, 5.41) is 12.3. The number of pyridine rings is 1. The van der Waals surface area contributed by atoms with E-state index in [0.29, 0.717) is 23.2 Å². The summed E-state index contributed by atoms with van der Waals surface area (Å²) in [5.41, 5.74) is 0.537. The van der Waals surface area contributed by atoms with Gasteiger partial charge in [-0.3, -0.25) is 4.98 Å². The molecule has 1 N–H and O–H groups in total. The van der Waals surface area contributed by atoms with Crippen LogP contribution in [0.4, 0.5) is 0 Å². The van der Waals surface area contributed by atoms with Crippen molar-refractivity contribution in [3.05, 3.63) is 41.8 Å². The van der Waals surface area contributed by atoms with Gasteiger partial charge in [0.05, 0.1) is 11.9 Å². The van der Waals surface area contributed by atoms with Gasteiger partial charge in [0.2, 0.25) is 11.7 Å². The number of aromatic nitrogens is 3. The quantitative estimate of drug-likeness (QED) is 0.779. The Bertz CT molecular complexity index is 619. The van der Waals surface area contributed by atoms with Crippen LogP contribution in [-0.2, 0) is 17.8 Å². The number of carbonyl (C=O) groups is 1. The molecule has 2 heterocycles. The van der Waals surface area contributed by atoms with Gasteiger partial charge in [0.15, 0.2) is 6.61 Å². The lowest BCUT2D eigenvalue weighted by Crippen LogP contribution is -1.98. The summed E-state index contributed by atoms with van der Waals surface area (Å²) in [4.78, 5) is 18.6. The van der Waals surface area contributed by atoms with Crippen molar-refractivity contribution in [3.63, 3.8) is 0 Å². The number of carboxylic acids is 1. The van der Waals surface area contributed by atoms with E-state index >= 15 is 0 Å². The van der Waals surface area contributed by atoms with E-state index in [2.05, 4.69) is 15.1 Å². The summed E-state index contributed by atoms with van der Waals surface area (Å²) in [7, 11) is 0. The molecule has 0 saturated heterocycles. The van der Waals surface area contributed by atoms with E-state index in [9.17, 15) is 4.79 Å². The molecule has 2 aromatic rings. The van der Waals surface area contributed by atoms with Gasteiger partial charge in [0, 0.05) is 12.5 Å². The molecule has 0 spiro atoms. The van der Waals surface area contributed by atoms with E-state index in [1.165, 1.54) is 12.3 Å². The fraction of sp³-hybridized carbons (Fsp3) is 0.286. The minimum Gasteiger partial charge on any atom is -0.484 e. The number of hydrogen-bond acceptors (Lipinski definition) is 6. The van der Waals surface area contributed by atoms with Crippen LogP contribution in [0.2, 0.25) is 0 Å². The highest BCUT2D eigenvalue weighted by Gasteiger charge is 2.06. The van der Waals surface area contributed by atoms with Crippen molar-refractivity contribution in [2.45, 2.75) is 26.4 Å². The fourth-order valence-corrected chi connectivity index (χ4v) is 1.54. The zero-order chi connectivity index (χ0) is 15.1. The van der Waals surface area contributed by atoms with Gasteiger partial charge >= 0.3 is 5.97 Å². The monoisotopic (exact) mass is 289 g/mol. The molecule has 0 saturated carbocycles. The number of carboxylic acid groups (broad SMARTS) is 1. The fourth-order valence-electron chi connectivity index (χ4n) is 1.54. The van der Waals surface area contributed by atoms with Gasteiger partial charge < -0.3 is 14.4 Å². The molecule has 0 aliphatic heterocycles. The van der Waals surface area contributed by atoms with Crippen LogP contribution >= 0.6 is 0 Å². The molecule has 0 aliphatic carbocycles. The normalized spacial score (nSPS) is 10.9. The van der Waals surface area contributed by atoms with Crippen LogP contribution in [0.25, 0.3) is 6.08 Å². The number of rotatable bonds is 7. The minimum atomic E-state index is -1.02. The zero-order valence-electron chi connectivity index (χ0n) is 11.5. The maximum Gasteiger partial charge on any atom is 0.328 e. The van der Waals surface area contributed by atoms with Crippen LogP contribution in [0.5, 0.6) is 5.75 Å². The maximum absolute atomic E-state index is 10.4. The molecule has 7 heteroatoms.